The largest absolute Gasteiger partial charge is 0.351 e. The Balaban J connectivity index is 1.44. The molecule has 3 aromatic carbocycles. The number of imidazole rings is 1. The van der Waals surface area contributed by atoms with Crippen molar-refractivity contribution in [1.29, 1.82) is 0 Å². The Morgan fingerprint density at radius 1 is 0.972 bits per heavy atom. The minimum Gasteiger partial charge on any atom is -0.351 e. The van der Waals surface area contributed by atoms with E-state index in [1.165, 1.54) is 0 Å². The number of hydrogen-bond acceptors (Lipinski definition) is 4. The molecule has 0 saturated carbocycles. The summed E-state index contributed by atoms with van der Waals surface area (Å²) in [5.41, 5.74) is 4.18. The molecule has 1 aliphatic rings. The lowest BCUT2D eigenvalue weighted by Gasteiger charge is -2.24. The molecule has 1 aliphatic heterocycles. The number of amides is 2. The molecule has 0 spiro atoms. The van der Waals surface area contributed by atoms with Crippen molar-refractivity contribution in [3.63, 3.8) is 0 Å². The van der Waals surface area contributed by atoms with Crippen molar-refractivity contribution in [2.75, 3.05) is 4.90 Å². The highest BCUT2D eigenvalue weighted by molar-refractivity contribution is 6.20. The molecule has 8 heteroatoms. The van der Waals surface area contributed by atoms with Gasteiger partial charge < -0.3 is 20.2 Å². The second kappa shape index (κ2) is 8.99. The topological polar surface area (TPSA) is 106 Å². The first-order valence-electron chi connectivity index (χ1n) is 11.6. The minimum absolute atomic E-state index is 0.208. The maximum Gasteiger partial charge on any atom is 0.272 e. The van der Waals surface area contributed by atoms with Crippen LogP contribution in [0.3, 0.4) is 0 Å². The first-order valence-corrected chi connectivity index (χ1v) is 11.6. The van der Waals surface area contributed by atoms with E-state index in [-0.39, 0.29) is 12.5 Å². The number of carbonyl (C=O) groups excluding carboxylic acids is 2. The number of carbonyl (C=O) groups is 2. The SMILES string of the molecule is O=C(N[C@H]1N=C(c2ccccc2)c2ccccc2N(Cc2ncc[nH]2)C1=O)c1cc2ccccc2[nH]1. The Morgan fingerprint density at radius 3 is 2.56 bits per heavy atom. The smallest absolute Gasteiger partial charge is 0.272 e. The fourth-order valence-corrected chi connectivity index (χ4v) is 4.44. The number of H-pyrrole nitrogens is 2. The van der Waals surface area contributed by atoms with Gasteiger partial charge in [-0.3, -0.25) is 9.59 Å². The van der Waals surface area contributed by atoms with Gasteiger partial charge in [0.25, 0.3) is 11.8 Å². The van der Waals surface area contributed by atoms with Crippen LogP contribution in [-0.2, 0) is 11.3 Å². The van der Waals surface area contributed by atoms with Crippen molar-refractivity contribution in [2.45, 2.75) is 12.7 Å². The number of nitrogens with zero attached hydrogens (tertiary/aromatic N) is 3. The average molecular weight is 475 g/mol. The average Bonchev–Trinajstić information content (AvgIpc) is 3.58. The monoisotopic (exact) mass is 474 g/mol. The van der Waals surface area contributed by atoms with E-state index in [1.54, 1.807) is 23.4 Å². The van der Waals surface area contributed by atoms with E-state index in [2.05, 4.69) is 20.3 Å². The zero-order valence-electron chi connectivity index (χ0n) is 19.2. The van der Waals surface area contributed by atoms with Crippen LogP contribution in [0.15, 0.2) is 102 Å². The van der Waals surface area contributed by atoms with Gasteiger partial charge in [0.1, 0.15) is 11.5 Å². The summed E-state index contributed by atoms with van der Waals surface area (Å²) in [5, 5.41) is 3.76. The van der Waals surface area contributed by atoms with Gasteiger partial charge in [0, 0.05) is 34.4 Å². The van der Waals surface area contributed by atoms with Gasteiger partial charge in [-0.15, -0.1) is 0 Å². The van der Waals surface area contributed by atoms with Crippen molar-refractivity contribution in [1.82, 2.24) is 20.3 Å². The molecule has 0 radical (unpaired) electrons. The van der Waals surface area contributed by atoms with Crippen LogP contribution in [-0.4, -0.2) is 38.6 Å². The fraction of sp³-hybridized carbons (Fsp3) is 0.0714. The van der Waals surface area contributed by atoms with Crippen LogP contribution < -0.4 is 10.2 Å². The van der Waals surface area contributed by atoms with E-state index in [4.69, 9.17) is 4.99 Å². The number of fused-ring (bicyclic) bond motifs is 2. The van der Waals surface area contributed by atoms with E-state index in [1.807, 2.05) is 78.9 Å². The molecule has 176 valence electrons. The third-order valence-corrected chi connectivity index (χ3v) is 6.16. The Morgan fingerprint density at radius 2 is 1.75 bits per heavy atom. The maximum absolute atomic E-state index is 13.9. The summed E-state index contributed by atoms with van der Waals surface area (Å²) in [6.45, 7) is 0.208. The van der Waals surface area contributed by atoms with Crippen LogP contribution in [0, 0.1) is 0 Å². The Labute approximate surface area is 206 Å². The summed E-state index contributed by atoms with van der Waals surface area (Å²) in [5.74, 6) is -0.138. The number of benzodiazepines with no additional fused rings is 1. The molecule has 1 atom stereocenters. The molecule has 0 unspecified atom stereocenters. The molecule has 8 nitrogen and oxygen atoms in total. The number of aliphatic imine (C=N–C) groups is 1. The zero-order chi connectivity index (χ0) is 24.5. The normalized spacial score (nSPS) is 15.3. The van der Waals surface area contributed by atoms with Gasteiger partial charge in [-0.05, 0) is 18.2 Å². The predicted octanol–water partition coefficient (Wildman–Crippen LogP) is 4.03. The van der Waals surface area contributed by atoms with E-state index in [9.17, 15) is 9.59 Å². The quantitative estimate of drug-likeness (QED) is 0.358. The molecule has 0 saturated heterocycles. The second-order valence-corrected chi connectivity index (χ2v) is 8.47. The highest BCUT2D eigenvalue weighted by Gasteiger charge is 2.33. The number of aromatic amines is 2. The molecule has 36 heavy (non-hydrogen) atoms. The summed E-state index contributed by atoms with van der Waals surface area (Å²) in [6.07, 6.45) is 2.22. The molecule has 3 heterocycles. The molecular formula is C28H22N6O2. The maximum atomic E-state index is 13.9. The lowest BCUT2D eigenvalue weighted by Crippen LogP contribution is -2.47. The second-order valence-electron chi connectivity index (χ2n) is 8.47. The van der Waals surface area contributed by atoms with Crippen molar-refractivity contribution >= 4 is 34.1 Å². The summed E-state index contributed by atoms with van der Waals surface area (Å²) in [4.78, 5) is 44.1. The van der Waals surface area contributed by atoms with Gasteiger partial charge in [-0.1, -0.05) is 66.7 Å². The van der Waals surface area contributed by atoms with Gasteiger partial charge in [0.15, 0.2) is 0 Å². The summed E-state index contributed by atoms with van der Waals surface area (Å²) in [7, 11) is 0. The van der Waals surface area contributed by atoms with Crippen molar-refractivity contribution in [3.8, 4) is 0 Å². The Hall–Kier alpha value is -4.98. The lowest BCUT2D eigenvalue weighted by atomic mass is 10.0. The number of hydrogen-bond donors (Lipinski definition) is 3. The Bertz CT molecular complexity index is 1550. The van der Waals surface area contributed by atoms with Gasteiger partial charge in [-0.2, -0.15) is 0 Å². The fourth-order valence-electron chi connectivity index (χ4n) is 4.44. The van der Waals surface area contributed by atoms with Crippen LogP contribution in [0.4, 0.5) is 5.69 Å². The van der Waals surface area contributed by atoms with Gasteiger partial charge in [0.05, 0.1) is 17.9 Å². The first kappa shape index (κ1) is 21.5. The first-order chi connectivity index (χ1) is 17.7. The Kier molecular flexibility index (Phi) is 5.38. The van der Waals surface area contributed by atoms with Crippen LogP contribution >= 0.6 is 0 Å². The summed E-state index contributed by atoms with van der Waals surface area (Å²) in [6, 6.07) is 26.7. The third kappa shape index (κ3) is 3.94. The summed E-state index contributed by atoms with van der Waals surface area (Å²) < 4.78 is 0. The predicted molar refractivity (Wildman–Crippen MR) is 138 cm³/mol. The molecule has 5 aromatic rings. The molecular weight excluding hydrogens is 452 g/mol. The van der Waals surface area contributed by atoms with Crippen LogP contribution in [0.2, 0.25) is 0 Å². The molecule has 3 N–H and O–H groups in total. The number of rotatable bonds is 5. The molecule has 2 aromatic heterocycles. The number of aromatic nitrogens is 3. The number of nitrogens with one attached hydrogen (secondary N) is 3. The van der Waals surface area contributed by atoms with Crippen LogP contribution in [0.1, 0.15) is 27.4 Å². The van der Waals surface area contributed by atoms with Gasteiger partial charge in [-0.25, -0.2) is 9.98 Å². The highest BCUT2D eigenvalue weighted by Crippen LogP contribution is 2.29. The van der Waals surface area contributed by atoms with E-state index >= 15 is 0 Å². The zero-order valence-corrected chi connectivity index (χ0v) is 19.2. The third-order valence-electron chi connectivity index (χ3n) is 6.16. The molecule has 0 bridgehead atoms. The molecule has 0 aliphatic carbocycles. The molecule has 0 fully saturated rings. The van der Waals surface area contributed by atoms with Crippen molar-refractivity contribution < 1.29 is 9.59 Å². The standard InChI is InChI=1S/C28H22N6O2/c35-27(22-16-19-10-4-6-12-21(19)31-22)33-26-28(36)34(17-24-29-14-15-30-24)23-13-7-5-11-20(23)25(32-26)18-8-2-1-3-9-18/h1-16,26,31H,17H2,(H,29,30)(H,33,35)/t26-/m1/s1. The van der Waals surface area contributed by atoms with Crippen molar-refractivity contribution in [2.24, 2.45) is 4.99 Å². The molecule has 6 rings (SSSR count). The lowest BCUT2D eigenvalue weighted by molar-refractivity contribution is -0.120. The van der Waals surface area contributed by atoms with E-state index in [0.29, 0.717) is 22.9 Å². The van der Waals surface area contributed by atoms with Gasteiger partial charge >= 0.3 is 0 Å². The highest BCUT2D eigenvalue weighted by atomic mass is 16.2. The minimum atomic E-state index is -1.14. The van der Waals surface area contributed by atoms with Crippen molar-refractivity contribution in [3.05, 3.63) is 120 Å². The van der Waals surface area contributed by atoms with E-state index < -0.39 is 12.1 Å². The summed E-state index contributed by atoms with van der Waals surface area (Å²) >= 11 is 0. The van der Waals surface area contributed by atoms with Crippen LogP contribution in [0.25, 0.3) is 10.9 Å². The number of para-hydroxylation sites is 2. The van der Waals surface area contributed by atoms with Crippen LogP contribution in [0.5, 0.6) is 0 Å². The van der Waals surface area contributed by atoms with Gasteiger partial charge in [0.2, 0.25) is 6.17 Å². The number of benzene rings is 3. The molecule has 2 amide bonds. The number of anilines is 1. The van der Waals surface area contributed by atoms with E-state index in [0.717, 1.165) is 22.0 Å².